The minimum Gasteiger partial charge on any atom is -0.342 e. The number of likely N-dealkylation sites (tertiary alicyclic amines) is 1. The zero-order valence-corrected chi connectivity index (χ0v) is 19.6. The fourth-order valence-corrected chi connectivity index (χ4v) is 7.56. The van der Waals surface area contributed by atoms with Crippen LogP contribution < -0.4 is 5.73 Å². The second-order valence-electron chi connectivity index (χ2n) is 11.8. The molecule has 1 aliphatic heterocycles. The molecule has 166 valence electrons. The van der Waals surface area contributed by atoms with Gasteiger partial charge in [-0.2, -0.15) is 0 Å². The van der Waals surface area contributed by atoms with Gasteiger partial charge in [0.1, 0.15) is 0 Å². The second kappa shape index (κ2) is 7.97. The molecule has 3 nitrogen and oxygen atoms in total. The van der Waals surface area contributed by atoms with Gasteiger partial charge in [0.05, 0.1) is 5.41 Å². The molecule has 0 aromatic heterocycles. The van der Waals surface area contributed by atoms with Crippen molar-refractivity contribution in [2.24, 2.45) is 28.4 Å². The molecule has 4 unspecified atom stereocenters. The SMILES string of the molecule is CCCC1CC2(C(=O)N3CC[C@H](N)C(C)(C)C3)CC(C)CC(c3ccccc3)(C1)C2. The number of amides is 1. The zero-order chi connectivity index (χ0) is 21.6. The Hall–Kier alpha value is -1.35. The van der Waals surface area contributed by atoms with E-state index in [9.17, 15) is 4.79 Å². The minimum absolute atomic E-state index is 0.00115. The third-order valence-electron chi connectivity index (χ3n) is 8.65. The van der Waals surface area contributed by atoms with Gasteiger partial charge in [0.15, 0.2) is 0 Å². The van der Waals surface area contributed by atoms with Gasteiger partial charge in [0.25, 0.3) is 0 Å². The lowest BCUT2D eigenvalue weighted by Gasteiger charge is -2.58. The number of benzene rings is 1. The summed E-state index contributed by atoms with van der Waals surface area (Å²) in [5, 5.41) is 0. The smallest absolute Gasteiger partial charge is 0.228 e. The highest BCUT2D eigenvalue weighted by atomic mass is 16.2. The molecule has 0 radical (unpaired) electrons. The molecule has 30 heavy (non-hydrogen) atoms. The Morgan fingerprint density at radius 2 is 1.87 bits per heavy atom. The summed E-state index contributed by atoms with van der Waals surface area (Å²) in [4.78, 5) is 16.4. The van der Waals surface area contributed by atoms with Gasteiger partial charge in [-0.1, -0.05) is 70.9 Å². The predicted molar refractivity (Wildman–Crippen MR) is 124 cm³/mol. The van der Waals surface area contributed by atoms with E-state index in [1.807, 2.05) is 0 Å². The quantitative estimate of drug-likeness (QED) is 0.710. The fraction of sp³-hybridized carbons (Fsp3) is 0.741. The van der Waals surface area contributed by atoms with E-state index in [2.05, 4.69) is 62.9 Å². The first-order chi connectivity index (χ1) is 14.2. The molecule has 3 fully saturated rings. The van der Waals surface area contributed by atoms with Crippen molar-refractivity contribution in [1.29, 1.82) is 0 Å². The van der Waals surface area contributed by atoms with E-state index in [-0.39, 0.29) is 22.3 Å². The maximum Gasteiger partial charge on any atom is 0.228 e. The van der Waals surface area contributed by atoms with Crippen molar-refractivity contribution in [3.8, 4) is 0 Å². The normalized spacial score (nSPS) is 38.3. The van der Waals surface area contributed by atoms with Crippen LogP contribution in [-0.4, -0.2) is 29.9 Å². The van der Waals surface area contributed by atoms with Crippen LogP contribution in [0.4, 0.5) is 0 Å². The van der Waals surface area contributed by atoms with Crippen molar-refractivity contribution >= 4 is 5.91 Å². The maximum absolute atomic E-state index is 14.2. The van der Waals surface area contributed by atoms with Crippen LogP contribution in [0.1, 0.15) is 84.6 Å². The molecule has 2 saturated carbocycles. The Bertz CT molecular complexity index is 759. The molecule has 3 heteroatoms. The highest BCUT2D eigenvalue weighted by Gasteiger charge is 2.57. The molecular formula is C27H42N2O. The first kappa shape index (κ1) is 21.9. The van der Waals surface area contributed by atoms with E-state index in [1.165, 1.54) is 31.2 Å². The van der Waals surface area contributed by atoms with E-state index in [1.54, 1.807) is 0 Å². The number of carbonyl (C=O) groups excluding carboxylic acids is 1. The maximum atomic E-state index is 14.2. The van der Waals surface area contributed by atoms with Gasteiger partial charge in [0, 0.05) is 19.1 Å². The lowest BCUT2D eigenvalue weighted by molar-refractivity contribution is -0.156. The monoisotopic (exact) mass is 410 g/mol. The Morgan fingerprint density at radius 1 is 1.13 bits per heavy atom. The number of rotatable bonds is 4. The molecule has 2 bridgehead atoms. The van der Waals surface area contributed by atoms with E-state index in [0.717, 1.165) is 38.8 Å². The Balaban J connectivity index is 1.70. The summed E-state index contributed by atoms with van der Waals surface area (Å²) in [5.74, 6) is 1.68. The molecule has 2 aliphatic carbocycles. The molecule has 1 heterocycles. The number of nitrogens with zero attached hydrogens (tertiary/aromatic N) is 1. The third kappa shape index (κ3) is 3.83. The highest BCUT2D eigenvalue weighted by Crippen LogP contribution is 2.61. The van der Waals surface area contributed by atoms with E-state index in [4.69, 9.17) is 5.73 Å². The van der Waals surface area contributed by atoms with Crippen LogP contribution in [-0.2, 0) is 10.2 Å². The van der Waals surface area contributed by atoms with Crippen molar-refractivity contribution in [2.75, 3.05) is 13.1 Å². The summed E-state index contributed by atoms with van der Waals surface area (Å²) in [5.41, 5.74) is 7.83. The third-order valence-corrected chi connectivity index (χ3v) is 8.65. The van der Waals surface area contributed by atoms with Crippen LogP contribution in [0.5, 0.6) is 0 Å². The van der Waals surface area contributed by atoms with Gasteiger partial charge in [-0.3, -0.25) is 4.79 Å². The average Bonchev–Trinajstić information content (AvgIpc) is 2.69. The molecule has 1 aromatic rings. The summed E-state index contributed by atoms with van der Waals surface area (Å²) in [6.07, 6.45) is 9.03. The number of hydrogen-bond acceptors (Lipinski definition) is 2. The summed E-state index contributed by atoms with van der Waals surface area (Å²) in [6.45, 7) is 10.8. The van der Waals surface area contributed by atoms with Crippen LogP contribution in [0, 0.1) is 22.7 Å². The number of fused-ring (bicyclic) bond motifs is 2. The summed E-state index contributed by atoms with van der Waals surface area (Å²) in [7, 11) is 0. The van der Waals surface area contributed by atoms with Crippen LogP contribution in [0.3, 0.4) is 0 Å². The molecule has 3 aliphatic rings. The van der Waals surface area contributed by atoms with Gasteiger partial charge in [-0.05, 0) is 66.8 Å². The number of carbonyl (C=O) groups is 1. The molecule has 2 N–H and O–H groups in total. The van der Waals surface area contributed by atoms with E-state index in [0.29, 0.717) is 17.7 Å². The molecule has 1 aromatic carbocycles. The van der Waals surface area contributed by atoms with Gasteiger partial charge < -0.3 is 10.6 Å². The second-order valence-corrected chi connectivity index (χ2v) is 11.8. The zero-order valence-electron chi connectivity index (χ0n) is 19.6. The summed E-state index contributed by atoms with van der Waals surface area (Å²) in [6, 6.07) is 11.3. The van der Waals surface area contributed by atoms with Crippen molar-refractivity contribution < 1.29 is 4.79 Å². The van der Waals surface area contributed by atoms with Crippen molar-refractivity contribution in [3.05, 3.63) is 35.9 Å². The van der Waals surface area contributed by atoms with Gasteiger partial charge in [0.2, 0.25) is 5.91 Å². The van der Waals surface area contributed by atoms with Gasteiger partial charge >= 0.3 is 0 Å². The van der Waals surface area contributed by atoms with Crippen LogP contribution >= 0.6 is 0 Å². The molecule has 1 saturated heterocycles. The van der Waals surface area contributed by atoms with E-state index >= 15 is 0 Å². The van der Waals surface area contributed by atoms with E-state index < -0.39 is 0 Å². The molecule has 0 spiro atoms. The summed E-state index contributed by atoms with van der Waals surface area (Å²) >= 11 is 0. The van der Waals surface area contributed by atoms with Crippen molar-refractivity contribution in [1.82, 2.24) is 4.90 Å². The first-order valence-electron chi connectivity index (χ1n) is 12.3. The van der Waals surface area contributed by atoms with Crippen LogP contribution in [0.2, 0.25) is 0 Å². The number of piperidine rings is 1. The highest BCUT2D eigenvalue weighted by molar-refractivity contribution is 5.83. The lowest BCUT2D eigenvalue weighted by atomic mass is 9.47. The molecular weight excluding hydrogens is 368 g/mol. The fourth-order valence-electron chi connectivity index (χ4n) is 7.56. The number of nitrogens with two attached hydrogens (primary N) is 1. The average molecular weight is 411 g/mol. The van der Waals surface area contributed by atoms with Gasteiger partial charge in [-0.15, -0.1) is 0 Å². The van der Waals surface area contributed by atoms with Crippen LogP contribution in [0.15, 0.2) is 30.3 Å². The Kier molecular flexibility index (Phi) is 5.81. The van der Waals surface area contributed by atoms with Crippen molar-refractivity contribution in [3.63, 3.8) is 0 Å². The predicted octanol–water partition coefficient (Wildman–Crippen LogP) is 5.53. The first-order valence-corrected chi connectivity index (χ1v) is 12.3. The standard InChI is InChI=1S/C27H42N2O/c1-5-9-21-16-26(22-10-7-6-8-11-22)14-20(2)15-27(17-21,18-26)24(30)29-13-12-23(28)25(3,4)19-29/h6-8,10-11,20-21,23H,5,9,12-19,28H2,1-4H3/t20?,21?,23-,26?,27?/m0/s1. The minimum atomic E-state index is -0.191. The Morgan fingerprint density at radius 3 is 2.53 bits per heavy atom. The summed E-state index contributed by atoms with van der Waals surface area (Å²) < 4.78 is 0. The largest absolute Gasteiger partial charge is 0.342 e. The number of hydrogen-bond donors (Lipinski definition) is 1. The molecule has 1 amide bonds. The molecule has 4 rings (SSSR count). The lowest BCUT2D eigenvalue weighted by Crippen LogP contribution is -2.60. The van der Waals surface area contributed by atoms with Crippen LogP contribution in [0.25, 0.3) is 0 Å². The Labute approximate surface area is 183 Å². The topological polar surface area (TPSA) is 46.3 Å². The van der Waals surface area contributed by atoms with Crippen molar-refractivity contribution in [2.45, 2.75) is 90.5 Å². The molecule has 5 atom stereocenters. The van der Waals surface area contributed by atoms with Gasteiger partial charge in [-0.25, -0.2) is 0 Å².